The van der Waals surface area contributed by atoms with Gasteiger partial charge in [-0.3, -0.25) is 4.79 Å². The van der Waals surface area contributed by atoms with Gasteiger partial charge in [0.1, 0.15) is 6.04 Å². The van der Waals surface area contributed by atoms with Crippen LogP contribution in [0.15, 0.2) is 0 Å². The van der Waals surface area contributed by atoms with E-state index in [0.717, 1.165) is 12.8 Å². The summed E-state index contributed by atoms with van der Waals surface area (Å²) >= 11 is 0. The first-order valence-electron chi connectivity index (χ1n) is 8.01. The topological polar surface area (TPSA) is 66.4 Å². The lowest BCUT2D eigenvalue weighted by Gasteiger charge is -2.17. The first-order valence-corrected chi connectivity index (χ1v) is 8.01. The quantitative estimate of drug-likeness (QED) is 0.537. The molecule has 20 heavy (non-hydrogen) atoms. The molecule has 0 bridgehead atoms. The summed E-state index contributed by atoms with van der Waals surface area (Å²) in [5.41, 5.74) is 0. The minimum Gasteiger partial charge on any atom is -0.480 e. The molecule has 2 N–H and O–H groups in total. The Kier molecular flexibility index (Phi) is 11.1. The van der Waals surface area contributed by atoms with Gasteiger partial charge in [-0.15, -0.1) is 0 Å². The van der Waals surface area contributed by atoms with Crippen molar-refractivity contribution in [3.63, 3.8) is 0 Å². The molecule has 118 valence electrons. The highest BCUT2D eigenvalue weighted by Crippen LogP contribution is 2.10. The van der Waals surface area contributed by atoms with Crippen molar-refractivity contribution < 1.29 is 14.7 Å². The van der Waals surface area contributed by atoms with E-state index in [9.17, 15) is 9.59 Å². The van der Waals surface area contributed by atoms with E-state index >= 15 is 0 Å². The van der Waals surface area contributed by atoms with E-state index in [-0.39, 0.29) is 11.8 Å². The molecule has 0 heterocycles. The second-order valence-electron chi connectivity index (χ2n) is 5.85. The summed E-state index contributed by atoms with van der Waals surface area (Å²) in [6.45, 7) is 5.81. The van der Waals surface area contributed by atoms with Crippen molar-refractivity contribution in [2.75, 3.05) is 0 Å². The number of amides is 1. The molecule has 0 radical (unpaired) electrons. The number of carboxylic acids is 1. The third-order valence-electron chi connectivity index (χ3n) is 3.51. The summed E-state index contributed by atoms with van der Waals surface area (Å²) < 4.78 is 0. The summed E-state index contributed by atoms with van der Waals surface area (Å²) in [5.74, 6) is -1.18. The van der Waals surface area contributed by atoms with Crippen molar-refractivity contribution >= 4 is 11.9 Å². The summed E-state index contributed by atoms with van der Waals surface area (Å²) in [6.07, 6.45) is 9.93. The summed E-state index contributed by atoms with van der Waals surface area (Å²) in [6, 6.07) is -0.767. The van der Waals surface area contributed by atoms with Gasteiger partial charge < -0.3 is 10.4 Å². The number of unbranched alkanes of at least 4 members (excludes halogenated alkanes) is 7. The number of carboxylic acid groups (broad SMARTS) is 1. The highest BCUT2D eigenvalue weighted by Gasteiger charge is 2.22. The predicted octanol–water partition coefficient (Wildman–Crippen LogP) is 3.74. The maximum absolute atomic E-state index is 11.7. The zero-order valence-corrected chi connectivity index (χ0v) is 13.3. The van der Waals surface area contributed by atoms with Crippen molar-refractivity contribution in [3.05, 3.63) is 0 Å². The van der Waals surface area contributed by atoms with Gasteiger partial charge >= 0.3 is 5.97 Å². The van der Waals surface area contributed by atoms with E-state index in [1.807, 2.05) is 0 Å². The van der Waals surface area contributed by atoms with Crippen LogP contribution in [-0.4, -0.2) is 23.0 Å². The van der Waals surface area contributed by atoms with Crippen LogP contribution in [0.4, 0.5) is 0 Å². The summed E-state index contributed by atoms with van der Waals surface area (Å²) in [5, 5.41) is 11.6. The van der Waals surface area contributed by atoms with Crippen LogP contribution in [0.5, 0.6) is 0 Å². The molecule has 0 aromatic carbocycles. The highest BCUT2D eigenvalue weighted by atomic mass is 16.4. The van der Waals surface area contributed by atoms with Gasteiger partial charge in [-0.05, 0) is 12.3 Å². The Morgan fingerprint density at radius 1 is 0.950 bits per heavy atom. The number of hydrogen-bond acceptors (Lipinski definition) is 2. The molecule has 0 aromatic rings. The van der Waals surface area contributed by atoms with Gasteiger partial charge in [0.05, 0.1) is 0 Å². The van der Waals surface area contributed by atoms with E-state index in [2.05, 4.69) is 12.2 Å². The number of aliphatic carboxylic acids is 1. The maximum atomic E-state index is 11.7. The fourth-order valence-corrected chi connectivity index (χ4v) is 2.18. The van der Waals surface area contributed by atoms with Gasteiger partial charge in [-0.1, -0.05) is 65.7 Å². The number of hydrogen-bond donors (Lipinski definition) is 2. The second kappa shape index (κ2) is 11.7. The van der Waals surface area contributed by atoms with Crippen LogP contribution in [0.2, 0.25) is 0 Å². The zero-order chi connectivity index (χ0) is 15.4. The Bertz CT molecular complexity index is 277. The Morgan fingerprint density at radius 3 is 1.90 bits per heavy atom. The number of carbonyl (C=O) groups is 2. The molecule has 0 aliphatic rings. The average molecular weight is 285 g/mol. The van der Waals surface area contributed by atoms with Crippen molar-refractivity contribution in [3.8, 4) is 0 Å². The van der Waals surface area contributed by atoms with E-state index in [0.29, 0.717) is 6.42 Å². The number of nitrogens with one attached hydrogen (secondary N) is 1. The summed E-state index contributed by atoms with van der Waals surface area (Å²) in [4.78, 5) is 22.6. The van der Waals surface area contributed by atoms with Crippen molar-refractivity contribution in [2.45, 2.75) is 84.6 Å². The maximum Gasteiger partial charge on any atom is 0.326 e. The second-order valence-corrected chi connectivity index (χ2v) is 5.85. The first kappa shape index (κ1) is 18.9. The third kappa shape index (κ3) is 9.82. The highest BCUT2D eigenvalue weighted by molar-refractivity contribution is 5.83. The van der Waals surface area contributed by atoms with Gasteiger partial charge in [-0.25, -0.2) is 4.79 Å². The third-order valence-corrected chi connectivity index (χ3v) is 3.51. The Labute approximate surface area is 123 Å². The monoisotopic (exact) mass is 285 g/mol. The molecule has 0 spiro atoms. The van der Waals surface area contributed by atoms with Crippen molar-refractivity contribution in [2.24, 2.45) is 5.92 Å². The minimum atomic E-state index is -0.954. The van der Waals surface area contributed by atoms with Gasteiger partial charge in [0.15, 0.2) is 0 Å². The standard InChI is InChI=1S/C16H31NO3/c1-4-5-6-7-8-9-10-11-12-14(18)17-15(13(2)3)16(19)20/h13,15H,4-12H2,1-3H3,(H,17,18)(H,19,20)/t15-/m0/s1. The molecule has 0 rings (SSSR count). The summed E-state index contributed by atoms with van der Waals surface area (Å²) in [7, 11) is 0. The molecule has 1 atom stereocenters. The van der Waals surface area contributed by atoms with Crippen LogP contribution in [0.25, 0.3) is 0 Å². The molecule has 0 saturated carbocycles. The fourth-order valence-electron chi connectivity index (χ4n) is 2.18. The van der Waals surface area contributed by atoms with Crippen LogP contribution in [0.3, 0.4) is 0 Å². The van der Waals surface area contributed by atoms with Crippen LogP contribution in [0, 0.1) is 5.92 Å². The lowest BCUT2D eigenvalue weighted by atomic mass is 10.0. The van der Waals surface area contributed by atoms with Crippen molar-refractivity contribution in [1.82, 2.24) is 5.32 Å². The molecule has 4 nitrogen and oxygen atoms in total. The van der Waals surface area contributed by atoms with Crippen molar-refractivity contribution in [1.29, 1.82) is 0 Å². The Balaban J connectivity index is 3.60. The first-order chi connectivity index (χ1) is 9.49. The molecule has 0 saturated heterocycles. The van der Waals surface area contributed by atoms with E-state index < -0.39 is 12.0 Å². The molecule has 0 aliphatic carbocycles. The molecule has 0 unspecified atom stereocenters. The largest absolute Gasteiger partial charge is 0.480 e. The zero-order valence-electron chi connectivity index (χ0n) is 13.3. The smallest absolute Gasteiger partial charge is 0.326 e. The molecule has 4 heteroatoms. The lowest BCUT2D eigenvalue weighted by Crippen LogP contribution is -2.44. The molecule has 0 fully saturated rings. The molecule has 0 aromatic heterocycles. The van der Waals surface area contributed by atoms with Crippen LogP contribution in [0.1, 0.15) is 78.6 Å². The Morgan fingerprint density at radius 2 is 1.45 bits per heavy atom. The number of rotatable bonds is 12. The van der Waals surface area contributed by atoms with Gasteiger partial charge in [0.25, 0.3) is 0 Å². The molecular weight excluding hydrogens is 254 g/mol. The molecule has 0 aliphatic heterocycles. The fraction of sp³-hybridized carbons (Fsp3) is 0.875. The molecular formula is C16H31NO3. The van der Waals surface area contributed by atoms with Gasteiger partial charge in [-0.2, -0.15) is 0 Å². The van der Waals surface area contributed by atoms with E-state index in [1.54, 1.807) is 13.8 Å². The predicted molar refractivity (Wildman–Crippen MR) is 81.6 cm³/mol. The van der Waals surface area contributed by atoms with Crippen LogP contribution >= 0.6 is 0 Å². The van der Waals surface area contributed by atoms with Crippen LogP contribution < -0.4 is 5.32 Å². The van der Waals surface area contributed by atoms with Gasteiger partial charge in [0.2, 0.25) is 5.91 Å². The lowest BCUT2D eigenvalue weighted by molar-refractivity contribution is -0.143. The number of carbonyl (C=O) groups excluding carboxylic acids is 1. The average Bonchev–Trinajstić information content (AvgIpc) is 2.38. The van der Waals surface area contributed by atoms with Gasteiger partial charge in [0, 0.05) is 6.42 Å². The normalized spacial score (nSPS) is 12.4. The van der Waals surface area contributed by atoms with E-state index in [1.165, 1.54) is 38.5 Å². The molecule has 1 amide bonds. The SMILES string of the molecule is CCCCCCCCCCC(=O)N[C@H](C(=O)O)C(C)C. The Hall–Kier alpha value is -1.06. The minimum absolute atomic E-state index is 0.0879. The van der Waals surface area contributed by atoms with Crippen LogP contribution in [-0.2, 0) is 9.59 Å². The van der Waals surface area contributed by atoms with E-state index in [4.69, 9.17) is 5.11 Å².